The summed E-state index contributed by atoms with van der Waals surface area (Å²) in [4.78, 5) is 11.4. The predicted molar refractivity (Wildman–Crippen MR) is 104 cm³/mol. The quantitative estimate of drug-likeness (QED) is 0.680. The lowest BCUT2D eigenvalue weighted by Gasteiger charge is -2.28. The van der Waals surface area contributed by atoms with Gasteiger partial charge in [-0.1, -0.05) is 12.1 Å². The normalized spacial score (nSPS) is 28.2. The Morgan fingerprint density at radius 1 is 1.07 bits per heavy atom. The van der Waals surface area contributed by atoms with Crippen LogP contribution in [0, 0.1) is 0 Å². The standard InChI is InChI=1S/C18H24N4O4.ClH/c1-25-13-10-14(16(24)15(13)23)26-17-11-4-2-3-5-12(11)20-18(21-17)22-8-6-19-7-9-22;/h2-5,13-16,19,23-24H,6-10H2,1H3;1H/t13-,14+,15+,16+;/m0./s1. The number of ether oxygens (including phenoxy) is 2. The van der Waals surface area contributed by atoms with E-state index in [1.807, 2.05) is 24.3 Å². The van der Waals surface area contributed by atoms with Crippen molar-refractivity contribution >= 4 is 29.3 Å². The van der Waals surface area contributed by atoms with Crippen LogP contribution >= 0.6 is 12.4 Å². The second kappa shape index (κ2) is 8.53. The van der Waals surface area contributed by atoms with Crippen LogP contribution in [0.4, 0.5) is 5.95 Å². The molecule has 1 aromatic heterocycles. The summed E-state index contributed by atoms with van der Waals surface area (Å²) < 4.78 is 11.3. The van der Waals surface area contributed by atoms with Crippen LogP contribution in [0.5, 0.6) is 5.88 Å². The summed E-state index contributed by atoms with van der Waals surface area (Å²) in [5.41, 5.74) is 0.794. The molecule has 0 bridgehead atoms. The number of hydrogen-bond acceptors (Lipinski definition) is 8. The fraction of sp³-hybridized carbons (Fsp3) is 0.556. The van der Waals surface area contributed by atoms with E-state index in [9.17, 15) is 10.2 Å². The van der Waals surface area contributed by atoms with Gasteiger partial charge in [-0.25, -0.2) is 4.98 Å². The van der Waals surface area contributed by atoms with Crippen molar-refractivity contribution in [2.45, 2.75) is 30.8 Å². The highest BCUT2D eigenvalue weighted by molar-refractivity contribution is 5.85. The molecule has 2 aliphatic rings. The molecule has 0 unspecified atom stereocenters. The SMILES string of the molecule is CO[C@H]1C[C@@H](Oc2nc(N3CCNCC3)nc3ccccc23)[C@@H](O)[C@@H]1O.Cl. The number of aliphatic hydroxyl groups excluding tert-OH is 2. The Hall–Kier alpha value is -1.71. The molecule has 4 atom stereocenters. The van der Waals surface area contributed by atoms with E-state index in [-0.39, 0.29) is 12.4 Å². The molecule has 0 amide bonds. The summed E-state index contributed by atoms with van der Waals surface area (Å²) in [5.74, 6) is 1.05. The number of benzene rings is 1. The van der Waals surface area contributed by atoms with Gasteiger partial charge in [-0.05, 0) is 12.1 Å². The summed E-state index contributed by atoms with van der Waals surface area (Å²) in [7, 11) is 1.52. The fourth-order valence-corrected chi connectivity index (χ4v) is 3.58. The molecule has 0 spiro atoms. The maximum atomic E-state index is 10.3. The monoisotopic (exact) mass is 396 g/mol. The van der Waals surface area contributed by atoms with Gasteiger partial charge >= 0.3 is 0 Å². The van der Waals surface area contributed by atoms with Crippen LogP contribution in [-0.4, -0.2) is 77.9 Å². The van der Waals surface area contributed by atoms with Crippen LogP contribution < -0.4 is 15.0 Å². The summed E-state index contributed by atoms with van der Waals surface area (Å²) >= 11 is 0. The number of rotatable bonds is 4. The molecule has 9 heteroatoms. The van der Waals surface area contributed by atoms with Crippen molar-refractivity contribution in [1.82, 2.24) is 15.3 Å². The van der Waals surface area contributed by atoms with Crippen molar-refractivity contribution < 1.29 is 19.7 Å². The molecule has 1 aliphatic heterocycles. The van der Waals surface area contributed by atoms with Gasteiger partial charge in [0.2, 0.25) is 11.8 Å². The minimum Gasteiger partial charge on any atom is -0.471 e. The van der Waals surface area contributed by atoms with Gasteiger partial charge in [0.15, 0.2) is 0 Å². The third-order valence-corrected chi connectivity index (χ3v) is 5.10. The van der Waals surface area contributed by atoms with Gasteiger partial charge in [-0.2, -0.15) is 4.98 Å². The summed E-state index contributed by atoms with van der Waals surface area (Å²) in [6, 6.07) is 7.65. The van der Waals surface area contributed by atoms with Crippen LogP contribution in [0.15, 0.2) is 24.3 Å². The molecule has 0 radical (unpaired) electrons. The lowest BCUT2D eigenvalue weighted by molar-refractivity contribution is -0.0483. The van der Waals surface area contributed by atoms with E-state index in [0.29, 0.717) is 18.2 Å². The topological polar surface area (TPSA) is 100.0 Å². The maximum absolute atomic E-state index is 10.3. The molecule has 3 N–H and O–H groups in total. The first-order valence-corrected chi connectivity index (χ1v) is 8.95. The molecule has 4 rings (SSSR count). The molecule has 2 heterocycles. The molecule has 2 aromatic rings. The van der Waals surface area contributed by atoms with Gasteiger partial charge in [0, 0.05) is 39.7 Å². The number of aliphatic hydroxyl groups is 2. The van der Waals surface area contributed by atoms with Gasteiger partial charge in [0.05, 0.1) is 17.0 Å². The number of halogens is 1. The first-order chi connectivity index (χ1) is 12.7. The van der Waals surface area contributed by atoms with Crippen molar-refractivity contribution in [3.8, 4) is 5.88 Å². The smallest absolute Gasteiger partial charge is 0.229 e. The summed E-state index contributed by atoms with van der Waals surface area (Å²) in [6.45, 7) is 3.42. The second-order valence-electron chi connectivity index (χ2n) is 6.73. The third-order valence-electron chi connectivity index (χ3n) is 5.10. The average molecular weight is 397 g/mol. The zero-order valence-corrected chi connectivity index (χ0v) is 15.9. The third kappa shape index (κ3) is 3.95. The van der Waals surface area contributed by atoms with Crippen molar-refractivity contribution in [2.24, 2.45) is 0 Å². The van der Waals surface area contributed by atoms with Gasteiger partial charge in [-0.15, -0.1) is 12.4 Å². The highest BCUT2D eigenvalue weighted by Crippen LogP contribution is 2.31. The van der Waals surface area contributed by atoms with E-state index in [4.69, 9.17) is 9.47 Å². The molecule has 1 saturated heterocycles. The lowest BCUT2D eigenvalue weighted by atomic mass is 10.2. The Morgan fingerprint density at radius 2 is 1.78 bits per heavy atom. The number of para-hydroxylation sites is 1. The summed E-state index contributed by atoms with van der Waals surface area (Å²) in [5, 5.41) is 24.5. The molecular formula is C18H25ClN4O4. The van der Waals surface area contributed by atoms with E-state index >= 15 is 0 Å². The first-order valence-electron chi connectivity index (χ1n) is 8.95. The van der Waals surface area contributed by atoms with E-state index < -0.39 is 24.4 Å². The van der Waals surface area contributed by atoms with E-state index in [2.05, 4.69) is 20.2 Å². The average Bonchev–Trinajstić information content (AvgIpc) is 2.96. The molecule has 8 nitrogen and oxygen atoms in total. The molecule has 2 fully saturated rings. The number of fused-ring (bicyclic) bond motifs is 1. The number of methoxy groups -OCH3 is 1. The van der Waals surface area contributed by atoms with Crippen LogP contribution in [-0.2, 0) is 4.74 Å². The van der Waals surface area contributed by atoms with Gasteiger partial charge in [0.25, 0.3) is 0 Å². The second-order valence-corrected chi connectivity index (χ2v) is 6.73. The Labute approximate surface area is 163 Å². The van der Waals surface area contributed by atoms with Gasteiger partial charge in [0.1, 0.15) is 18.3 Å². The molecule has 27 heavy (non-hydrogen) atoms. The highest BCUT2D eigenvalue weighted by Gasteiger charge is 2.43. The largest absolute Gasteiger partial charge is 0.471 e. The first kappa shape index (κ1) is 20.0. The summed E-state index contributed by atoms with van der Waals surface area (Å²) in [6.07, 6.45) is -2.61. The zero-order valence-electron chi connectivity index (χ0n) is 15.1. The number of hydrogen-bond donors (Lipinski definition) is 3. The zero-order chi connectivity index (χ0) is 18.1. The van der Waals surface area contributed by atoms with E-state index in [1.165, 1.54) is 7.11 Å². The minimum atomic E-state index is -1.02. The minimum absolute atomic E-state index is 0. The molecule has 1 saturated carbocycles. The van der Waals surface area contributed by atoms with Crippen LogP contribution in [0.2, 0.25) is 0 Å². The molecule has 148 valence electrons. The van der Waals surface area contributed by atoms with Crippen molar-refractivity contribution in [3.63, 3.8) is 0 Å². The Kier molecular flexibility index (Phi) is 6.33. The van der Waals surface area contributed by atoms with E-state index in [0.717, 1.165) is 37.1 Å². The predicted octanol–water partition coefficient (Wildman–Crippen LogP) is 0.349. The van der Waals surface area contributed by atoms with Gasteiger partial charge < -0.3 is 29.9 Å². The molecule has 1 aliphatic carbocycles. The van der Waals surface area contributed by atoms with Gasteiger partial charge in [-0.3, -0.25) is 0 Å². The number of nitrogens with zero attached hydrogens (tertiary/aromatic N) is 3. The lowest BCUT2D eigenvalue weighted by Crippen LogP contribution is -2.44. The van der Waals surface area contributed by atoms with Crippen LogP contribution in [0.3, 0.4) is 0 Å². The number of aromatic nitrogens is 2. The number of anilines is 1. The molecular weight excluding hydrogens is 372 g/mol. The number of nitrogens with one attached hydrogen (secondary N) is 1. The number of piperazine rings is 1. The maximum Gasteiger partial charge on any atom is 0.229 e. The highest BCUT2D eigenvalue weighted by atomic mass is 35.5. The fourth-order valence-electron chi connectivity index (χ4n) is 3.58. The van der Waals surface area contributed by atoms with Crippen molar-refractivity contribution in [1.29, 1.82) is 0 Å². The van der Waals surface area contributed by atoms with Crippen LogP contribution in [0.25, 0.3) is 10.9 Å². The Bertz CT molecular complexity index is 774. The van der Waals surface area contributed by atoms with E-state index in [1.54, 1.807) is 0 Å². The van der Waals surface area contributed by atoms with Crippen molar-refractivity contribution in [3.05, 3.63) is 24.3 Å². The van der Waals surface area contributed by atoms with Crippen molar-refractivity contribution in [2.75, 3.05) is 38.2 Å². The molecule has 1 aromatic carbocycles. The Morgan fingerprint density at radius 3 is 2.48 bits per heavy atom. The van der Waals surface area contributed by atoms with Crippen LogP contribution in [0.1, 0.15) is 6.42 Å². The Balaban J connectivity index is 0.00000210.